The molecule has 11 heteroatoms. The average molecular weight is 430 g/mol. The number of nitrogens with one attached hydrogen (secondary N) is 3. The Morgan fingerprint density at radius 2 is 1.71 bits per heavy atom. The highest BCUT2D eigenvalue weighted by Crippen LogP contribution is 2.06. The Hall–Kier alpha value is -3.73. The number of carbonyl (C=O) groups is 4. The number of amides is 3. The van der Waals surface area contributed by atoms with Crippen LogP contribution in [0.25, 0.3) is 0 Å². The van der Waals surface area contributed by atoms with Crippen LogP contribution in [-0.2, 0) is 32.0 Å². The zero-order chi connectivity index (χ0) is 22.8. The molecule has 31 heavy (non-hydrogen) atoms. The van der Waals surface area contributed by atoms with Gasteiger partial charge in [0.05, 0.1) is 12.4 Å². The van der Waals surface area contributed by atoms with Gasteiger partial charge in [0.15, 0.2) is 0 Å². The molecule has 0 spiro atoms. The summed E-state index contributed by atoms with van der Waals surface area (Å²) in [5, 5.41) is 14.5. The Labute approximate surface area is 178 Å². The van der Waals surface area contributed by atoms with Gasteiger partial charge in [-0.15, -0.1) is 0 Å². The van der Waals surface area contributed by atoms with Crippen molar-refractivity contribution in [2.45, 2.75) is 43.8 Å². The monoisotopic (exact) mass is 430 g/mol. The van der Waals surface area contributed by atoms with E-state index in [0.717, 1.165) is 5.56 Å². The number of aromatic nitrogens is 2. The summed E-state index contributed by atoms with van der Waals surface area (Å²) < 4.78 is 0. The van der Waals surface area contributed by atoms with Crippen LogP contribution in [0, 0.1) is 0 Å². The van der Waals surface area contributed by atoms with Crippen LogP contribution >= 0.6 is 0 Å². The van der Waals surface area contributed by atoms with Crippen LogP contribution in [-0.4, -0.2) is 56.9 Å². The second kappa shape index (κ2) is 11.5. The number of H-pyrrole nitrogens is 1. The summed E-state index contributed by atoms with van der Waals surface area (Å²) in [5.41, 5.74) is 12.2. The number of imidazole rings is 1. The van der Waals surface area contributed by atoms with Crippen molar-refractivity contribution in [3.8, 4) is 0 Å². The molecule has 0 radical (unpaired) electrons. The SMILES string of the molecule is NC(=O)CCC(N)C(=O)NC(Cc1ccccc1)C(=O)NC(Cc1cnc[nH]1)C(=O)O. The van der Waals surface area contributed by atoms with E-state index in [1.165, 1.54) is 12.5 Å². The van der Waals surface area contributed by atoms with Gasteiger partial charge in [-0.2, -0.15) is 0 Å². The third-order valence-electron chi connectivity index (χ3n) is 4.55. The van der Waals surface area contributed by atoms with E-state index < -0.39 is 41.8 Å². The zero-order valence-corrected chi connectivity index (χ0v) is 16.8. The van der Waals surface area contributed by atoms with E-state index in [1.807, 2.05) is 6.07 Å². The fourth-order valence-electron chi connectivity index (χ4n) is 2.86. The van der Waals surface area contributed by atoms with Gasteiger partial charge in [-0.3, -0.25) is 14.4 Å². The third-order valence-corrected chi connectivity index (χ3v) is 4.55. The van der Waals surface area contributed by atoms with E-state index in [4.69, 9.17) is 11.5 Å². The van der Waals surface area contributed by atoms with Crippen molar-refractivity contribution in [1.82, 2.24) is 20.6 Å². The number of benzene rings is 1. The number of carboxylic acids is 1. The number of nitrogens with zero attached hydrogens (tertiary/aromatic N) is 1. The normalized spacial score (nSPS) is 13.6. The molecule has 3 unspecified atom stereocenters. The van der Waals surface area contributed by atoms with E-state index in [9.17, 15) is 24.3 Å². The number of hydrogen-bond acceptors (Lipinski definition) is 6. The standard InChI is InChI=1S/C20H26N6O5/c21-14(6-7-17(22)27)18(28)25-15(8-12-4-2-1-3-5-12)19(29)26-16(20(30)31)9-13-10-23-11-24-13/h1-5,10-11,14-16H,6-9,21H2,(H2,22,27)(H,23,24)(H,25,28)(H,26,29)(H,30,31). The van der Waals surface area contributed by atoms with Crippen molar-refractivity contribution in [3.05, 3.63) is 54.1 Å². The van der Waals surface area contributed by atoms with Gasteiger partial charge in [0.25, 0.3) is 0 Å². The van der Waals surface area contributed by atoms with E-state index in [1.54, 1.807) is 24.3 Å². The number of carboxylic acid groups (broad SMARTS) is 1. The fraction of sp³-hybridized carbons (Fsp3) is 0.350. The summed E-state index contributed by atoms with van der Waals surface area (Å²) in [5.74, 6) is -3.14. The molecule has 3 amide bonds. The summed E-state index contributed by atoms with van der Waals surface area (Å²) in [6.07, 6.45) is 2.93. The number of rotatable bonds is 12. The van der Waals surface area contributed by atoms with Crippen molar-refractivity contribution in [1.29, 1.82) is 0 Å². The van der Waals surface area contributed by atoms with Gasteiger partial charge in [-0.05, 0) is 12.0 Å². The molecular weight excluding hydrogens is 404 g/mol. The van der Waals surface area contributed by atoms with Crippen LogP contribution in [0.3, 0.4) is 0 Å². The minimum Gasteiger partial charge on any atom is -0.480 e. The first-order valence-corrected chi connectivity index (χ1v) is 9.65. The zero-order valence-electron chi connectivity index (χ0n) is 16.8. The molecule has 0 aliphatic rings. The molecule has 1 aromatic carbocycles. The minimum absolute atomic E-state index is 0.00873. The molecule has 8 N–H and O–H groups in total. The van der Waals surface area contributed by atoms with Gasteiger partial charge in [-0.25, -0.2) is 9.78 Å². The first-order valence-electron chi connectivity index (χ1n) is 9.65. The van der Waals surface area contributed by atoms with Crippen LogP contribution in [0.1, 0.15) is 24.1 Å². The largest absolute Gasteiger partial charge is 0.480 e. The molecule has 3 atom stereocenters. The number of carbonyl (C=O) groups excluding carboxylic acids is 3. The fourth-order valence-corrected chi connectivity index (χ4v) is 2.86. The summed E-state index contributed by atoms with van der Waals surface area (Å²) >= 11 is 0. The van der Waals surface area contributed by atoms with Crippen molar-refractivity contribution >= 4 is 23.7 Å². The molecule has 2 rings (SSSR count). The number of aliphatic carboxylic acids is 1. The Bertz CT molecular complexity index is 887. The van der Waals surface area contributed by atoms with Crippen LogP contribution in [0.4, 0.5) is 0 Å². The maximum Gasteiger partial charge on any atom is 0.326 e. The Morgan fingerprint density at radius 3 is 2.29 bits per heavy atom. The molecule has 0 aliphatic carbocycles. The van der Waals surface area contributed by atoms with Gasteiger partial charge >= 0.3 is 5.97 Å². The van der Waals surface area contributed by atoms with Gasteiger partial charge in [-0.1, -0.05) is 30.3 Å². The number of nitrogens with two attached hydrogens (primary N) is 2. The molecule has 2 aromatic rings. The topological polar surface area (TPSA) is 193 Å². The van der Waals surface area contributed by atoms with Gasteiger partial charge in [0, 0.05) is 31.2 Å². The molecule has 166 valence electrons. The summed E-state index contributed by atoms with van der Waals surface area (Å²) in [6.45, 7) is 0. The minimum atomic E-state index is -1.23. The van der Waals surface area contributed by atoms with Gasteiger partial charge < -0.3 is 32.2 Å². The highest BCUT2D eigenvalue weighted by Gasteiger charge is 2.28. The number of hydrogen-bond donors (Lipinski definition) is 6. The highest BCUT2D eigenvalue weighted by atomic mass is 16.4. The highest BCUT2D eigenvalue weighted by molar-refractivity contribution is 5.92. The molecule has 0 bridgehead atoms. The lowest BCUT2D eigenvalue weighted by molar-refractivity contribution is -0.142. The lowest BCUT2D eigenvalue weighted by atomic mass is 10.0. The second-order valence-electron chi connectivity index (χ2n) is 7.04. The van der Waals surface area contributed by atoms with Crippen molar-refractivity contribution < 1.29 is 24.3 Å². The number of aromatic amines is 1. The number of primary amides is 1. The van der Waals surface area contributed by atoms with E-state index in [2.05, 4.69) is 20.6 Å². The lowest BCUT2D eigenvalue weighted by Crippen LogP contribution is -2.55. The molecular formula is C20H26N6O5. The van der Waals surface area contributed by atoms with Crippen LogP contribution < -0.4 is 22.1 Å². The van der Waals surface area contributed by atoms with E-state index in [0.29, 0.717) is 5.69 Å². The van der Waals surface area contributed by atoms with E-state index in [-0.39, 0.29) is 25.7 Å². The van der Waals surface area contributed by atoms with Gasteiger partial charge in [0.2, 0.25) is 17.7 Å². The average Bonchev–Trinajstić information content (AvgIpc) is 3.24. The third kappa shape index (κ3) is 7.90. The maximum absolute atomic E-state index is 12.9. The molecule has 11 nitrogen and oxygen atoms in total. The Kier molecular flexibility index (Phi) is 8.70. The molecule has 1 aromatic heterocycles. The van der Waals surface area contributed by atoms with Crippen LogP contribution in [0.2, 0.25) is 0 Å². The molecule has 0 fully saturated rings. The second-order valence-corrected chi connectivity index (χ2v) is 7.04. The maximum atomic E-state index is 12.9. The molecule has 1 heterocycles. The Morgan fingerprint density at radius 1 is 1.03 bits per heavy atom. The van der Waals surface area contributed by atoms with Crippen molar-refractivity contribution in [2.75, 3.05) is 0 Å². The first-order chi connectivity index (χ1) is 14.8. The quantitative estimate of drug-likeness (QED) is 0.244. The molecule has 0 saturated carbocycles. The van der Waals surface area contributed by atoms with Crippen molar-refractivity contribution in [3.63, 3.8) is 0 Å². The molecule has 0 saturated heterocycles. The van der Waals surface area contributed by atoms with Crippen LogP contribution in [0.15, 0.2) is 42.9 Å². The molecule has 0 aliphatic heterocycles. The first kappa shape index (κ1) is 23.5. The van der Waals surface area contributed by atoms with Crippen LogP contribution in [0.5, 0.6) is 0 Å². The van der Waals surface area contributed by atoms with Crippen molar-refractivity contribution in [2.24, 2.45) is 11.5 Å². The van der Waals surface area contributed by atoms with Gasteiger partial charge in [0.1, 0.15) is 12.1 Å². The Balaban J connectivity index is 2.11. The summed E-state index contributed by atoms with van der Waals surface area (Å²) in [7, 11) is 0. The lowest BCUT2D eigenvalue weighted by Gasteiger charge is -2.23. The van der Waals surface area contributed by atoms with E-state index >= 15 is 0 Å². The predicted molar refractivity (Wildman–Crippen MR) is 110 cm³/mol. The smallest absolute Gasteiger partial charge is 0.326 e. The summed E-state index contributed by atoms with van der Waals surface area (Å²) in [6, 6.07) is 5.58. The predicted octanol–water partition coefficient (Wildman–Crippen LogP) is -1.16. The summed E-state index contributed by atoms with van der Waals surface area (Å²) in [4.78, 5) is 54.5.